The Morgan fingerprint density at radius 2 is 1.67 bits per heavy atom. The van der Waals surface area contributed by atoms with Gasteiger partial charge in [-0.15, -0.1) is 0 Å². The second kappa shape index (κ2) is 9.66. The molecule has 0 N–H and O–H groups in total. The van der Waals surface area contributed by atoms with E-state index in [1.807, 2.05) is 0 Å². The molecule has 30 heavy (non-hydrogen) atoms. The van der Waals surface area contributed by atoms with Gasteiger partial charge in [0.25, 0.3) is 0 Å². The maximum atomic E-state index is 13.4. The van der Waals surface area contributed by atoms with E-state index in [2.05, 4.69) is 0 Å². The van der Waals surface area contributed by atoms with Gasteiger partial charge in [-0.1, -0.05) is 25.0 Å². The van der Waals surface area contributed by atoms with Crippen molar-refractivity contribution in [1.29, 1.82) is 0 Å². The summed E-state index contributed by atoms with van der Waals surface area (Å²) in [6.45, 7) is 0.377. The van der Waals surface area contributed by atoms with Crippen molar-refractivity contribution < 1.29 is 27.0 Å². The van der Waals surface area contributed by atoms with Gasteiger partial charge >= 0.3 is 0 Å². The molecule has 164 valence electrons. The molecule has 0 saturated heterocycles. The van der Waals surface area contributed by atoms with Crippen LogP contribution in [0, 0.1) is 5.82 Å². The average molecular weight is 438 g/mol. The Hall–Kier alpha value is -2.32. The number of hydrogen-bond acceptors (Lipinski definition) is 5. The summed E-state index contributed by atoms with van der Waals surface area (Å²) < 4.78 is 56.6. The minimum atomic E-state index is -3.36. The van der Waals surface area contributed by atoms with E-state index in [4.69, 9.17) is 14.2 Å². The molecule has 0 amide bonds. The lowest BCUT2D eigenvalue weighted by molar-refractivity contribution is 0.264. The molecule has 3 rings (SSSR count). The van der Waals surface area contributed by atoms with Crippen LogP contribution >= 0.6 is 0 Å². The second-order valence-corrected chi connectivity index (χ2v) is 9.43. The molecule has 0 aromatic heterocycles. The van der Waals surface area contributed by atoms with E-state index in [-0.39, 0.29) is 25.0 Å². The summed E-state index contributed by atoms with van der Waals surface area (Å²) in [7, 11) is -0.336. The molecule has 1 aliphatic rings. The Bertz CT molecular complexity index is 948. The molecule has 0 spiro atoms. The van der Waals surface area contributed by atoms with Gasteiger partial charge in [-0.3, -0.25) is 0 Å². The van der Waals surface area contributed by atoms with Gasteiger partial charge in [0.05, 0.1) is 20.5 Å². The number of benzene rings is 2. The van der Waals surface area contributed by atoms with E-state index >= 15 is 0 Å². The zero-order valence-corrected chi connectivity index (χ0v) is 18.4. The van der Waals surface area contributed by atoms with Crippen LogP contribution in [0.2, 0.25) is 0 Å². The van der Waals surface area contributed by atoms with Gasteiger partial charge in [-0.2, -0.15) is 4.31 Å². The average Bonchev–Trinajstić information content (AvgIpc) is 3.23. The quantitative estimate of drug-likeness (QED) is 0.590. The van der Waals surface area contributed by atoms with Gasteiger partial charge in [-0.05, 0) is 48.2 Å². The standard InChI is InChI=1S/C22H28FNO5S/c1-27-20-12-17(14-24(30(3,25)26)19-9-4-5-10-19)13-21(28-2)22(20)29-15-16-7-6-8-18(23)11-16/h6-8,11-13,19H,4-5,9-10,14-15H2,1-3H3. The van der Waals surface area contributed by atoms with Gasteiger partial charge in [0.2, 0.25) is 15.8 Å². The first kappa shape index (κ1) is 22.4. The van der Waals surface area contributed by atoms with Crippen molar-refractivity contribution >= 4 is 10.0 Å². The molecule has 1 saturated carbocycles. The summed E-state index contributed by atoms with van der Waals surface area (Å²) in [6.07, 6.45) is 5.06. The zero-order valence-electron chi connectivity index (χ0n) is 17.6. The fourth-order valence-corrected chi connectivity index (χ4v) is 4.98. The van der Waals surface area contributed by atoms with Gasteiger partial charge in [0, 0.05) is 12.6 Å². The first-order chi connectivity index (χ1) is 14.3. The summed E-state index contributed by atoms with van der Waals surface area (Å²) in [4.78, 5) is 0. The minimum Gasteiger partial charge on any atom is -0.493 e. The Balaban J connectivity index is 1.86. The van der Waals surface area contributed by atoms with Crippen LogP contribution in [-0.4, -0.2) is 39.2 Å². The number of rotatable bonds is 9. The second-order valence-electron chi connectivity index (χ2n) is 7.49. The fourth-order valence-electron chi connectivity index (χ4n) is 3.84. The number of sulfonamides is 1. The van der Waals surface area contributed by atoms with Crippen molar-refractivity contribution in [2.45, 2.75) is 44.9 Å². The van der Waals surface area contributed by atoms with Gasteiger partial charge < -0.3 is 14.2 Å². The summed E-state index contributed by atoms with van der Waals surface area (Å²) in [6, 6.07) is 9.70. The fraction of sp³-hybridized carbons (Fsp3) is 0.455. The van der Waals surface area contributed by atoms with E-state index in [1.54, 1.807) is 28.6 Å². The zero-order chi connectivity index (χ0) is 21.7. The molecule has 1 fully saturated rings. The van der Waals surface area contributed by atoms with E-state index in [0.717, 1.165) is 31.2 Å². The van der Waals surface area contributed by atoms with Crippen LogP contribution in [0.25, 0.3) is 0 Å². The van der Waals surface area contributed by atoms with Crippen LogP contribution in [0.3, 0.4) is 0 Å². The van der Waals surface area contributed by atoms with Crippen LogP contribution in [0.15, 0.2) is 36.4 Å². The molecular weight excluding hydrogens is 409 g/mol. The molecule has 2 aromatic rings. The van der Waals surface area contributed by atoms with Gasteiger partial charge in [0.1, 0.15) is 12.4 Å². The molecule has 6 nitrogen and oxygen atoms in total. The monoisotopic (exact) mass is 437 g/mol. The smallest absolute Gasteiger partial charge is 0.211 e. The lowest BCUT2D eigenvalue weighted by Crippen LogP contribution is -2.37. The van der Waals surface area contributed by atoms with Crippen molar-refractivity contribution in [2.24, 2.45) is 0 Å². The highest BCUT2D eigenvalue weighted by Gasteiger charge is 2.30. The Morgan fingerprint density at radius 3 is 2.20 bits per heavy atom. The molecular formula is C22H28FNO5S. The number of hydrogen-bond donors (Lipinski definition) is 0. The molecule has 1 aliphatic carbocycles. The summed E-state index contributed by atoms with van der Waals surface area (Å²) in [5, 5.41) is 0. The number of ether oxygens (including phenoxy) is 3. The minimum absolute atomic E-state index is 0.0147. The Labute approximate surface area is 177 Å². The lowest BCUT2D eigenvalue weighted by atomic mass is 10.1. The third-order valence-corrected chi connectivity index (χ3v) is 6.57. The van der Waals surface area contributed by atoms with Crippen LogP contribution in [0.5, 0.6) is 17.2 Å². The van der Waals surface area contributed by atoms with Crippen molar-refractivity contribution in [1.82, 2.24) is 4.31 Å². The highest BCUT2D eigenvalue weighted by Crippen LogP contribution is 2.40. The molecule has 2 aromatic carbocycles. The van der Waals surface area contributed by atoms with Crippen molar-refractivity contribution in [2.75, 3.05) is 20.5 Å². The maximum Gasteiger partial charge on any atom is 0.211 e. The topological polar surface area (TPSA) is 65.1 Å². The molecule has 0 aliphatic heterocycles. The molecule has 8 heteroatoms. The first-order valence-electron chi connectivity index (χ1n) is 9.90. The maximum absolute atomic E-state index is 13.4. The number of halogens is 1. The highest BCUT2D eigenvalue weighted by atomic mass is 32.2. The normalized spacial score (nSPS) is 14.8. The predicted octanol–water partition coefficient (Wildman–Crippen LogP) is 4.13. The number of methoxy groups -OCH3 is 2. The van der Waals surface area contributed by atoms with Crippen LogP contribution in [0.4, 0.5) is 4.39 Å². The van der Waals surface area contributed by atoms with Crippen LogP contribution in [-0.2, 0) is 23.2 Å². The summed E-state index contributed by atoms with van der Waals surface area (Å²) in [5.41, 5.74) is 1.42. The summed E-state index contributed by atoms with van der Waals surface area (Å²) >= 11 is 0. The summed E-state index contributed by atoms with van der Waals surface area (Å²) in [5.74, 6) is 0.916. The third-order valence-electron chi connectivity index (χ3n) is 5.29. The SMILES string of the molecule is COc1cc(CN(C2CCCC2)S(C)(=O)=O)cc(OC)c1OCc1cccc(F)c1. The Morgan fingerprint density at radius 1 is 1.03 bits per heavy atom. The van der Waals surface area contributed by atoms with Crippen molar-refractivity contribution in [3.63, 3.8) is 0 Å². The van der Waals surface area contributed by atoms with E-state index < -0.39 is 10.0 Å². The van der Waals surface area contributed by atoms with Crippen molar-refractivity contribution in [3.8, 4) is 17.2 Å². The predicted molar refractivity (Wildman–Crippen MR) is 113 cm³/mol. The van der Waals surface area contributed by atoms with Crippen LogP contribution < -0.4 is 14.2 Å². The third kappa shape index (κ3) is 5.43. The number of nitrogens with zero attached hydrogens (tertiary/aromatic N) is 1. The lowest BCUT2D eigenvalue weighted by Gasteiger charge is -2.27. The van der Waals surface area contributed by atoms with Gasteiger partial charge in [0.15, 0.2) is 11.5 Å². The van der Waals surface area contributed by atoms with Gasteiger partial charge in [-0.25, -0.2) is 12.8 Å². The first-order valence-corrected chi connectivity index (χ1v) is 11.8. The molecule has 0 heterocycles. The van der Waals surface area contributed by atoms with Crippen LogP contribution in [0.1, 0.15) is 36.8 Å². The molecule has 0 bridgehead atoms. The Kier molecular flexibility index (Phi) is 7.20. The highest BCUT2D eigenvalue weighted by molar-refractivity contribution is 7.88. The molecule has 0 unspecified atom stereocenters. The molecule has 0 atom stereocenters. The van der Waals surface area contributed by atoms with E-state index in [9.17, 15) is 12.8 Å². The molecule has 0 radical (unpaired) electrons. The largest absolute Gasteiger partial charge is 0.493 e. The van der Waals surface area contributed by atoms with Crippen molar-refractivity contribution in [3.05, 3.63) is 53.3 Å². The van der Waals surface area contributed by atoms with E-state index in [0.29, 0.717) is 22.8 Å². The van der Waals surface area contributed by atoms with E-state index in [1.165, 1.54) is 32.6 Å².